The molecule has 0 spiro atoms. The quantitative estimate of drug-likeness (QED) is 0.538. The molecule has 1 aliphatic heterocycles. The Bertz CT molecular complexity index is 1070. The summed E-state index contributed by atoms with van der Waals surface area (Å²) in [6.45, 7) is 0.780. The Labute approximate surface area is 176 Å². The summed E-state index contributed by atoms with van der Waals surface area (Å²) >= 11 is 9.27. The minimum Gasteiger partial charge on any atom is -0.339 e. The van der Waals surface area contributed by atoms with Gasteiger partial charge in [-0.3, -0.25) is 0 Å². The van der Waals surface area contributed by atoms with Crippen molar-refractivity contribution >= 4 is 37.6 Å². The molecule has 0 radical (unpaired) electrons. The van der Waals surface area contributed by atoms with E-state index in [2.05, 4.69) is 26.1 Å². The van der Waals surface area contributed by atoms with Crippen LogP contribution >= 0.6 is 27.5 Å². The smallest absolute Gasteiger partial charge is 0.243 e. The standard InChI is InChI=1S/C19H17BrClN3O3S/c20-15-5-3-13(4-6-15)18-22-19(27-23-18)14-2-1-11-24(12-14)28(25,26)17-9-7-16(21)8-10-17/h3-10,14H,1-2,11-12H2/t14-/m0/s1. The van der Waals surface area contributed by atoms with Gasteiger partial charge in [0.2, 0.25) is 21.7 Å². The van der Waals surface area contributed by atoms with E-state index in [4.69, 9.17) is 16.1 Å². The van der Waals surface area contributed by atoms with Crippen molar-refractivity contribution in [1.29, 1.82) is 0 Å². The summed E-state index contributed by atoms with van der Waals surface area (Å²) in [6.07, 6.45) is 1.53. The van der Waals surface area contributed by atoms with Crippen LogP contribution in [0.4, 0.5) is 0 Å². The summed E-state index contributed by atoms with van der Waals surface area (Å²) in [4.78, 5) is 4.74. The second-order valence-electron chi connectivity index (χ2n) is 6.62. The lowest BCUT2D eigenvalue weighted by molar-refractivity contribution is 0.265. The van der Waals surface area contributed by atoms with E-state index in [1.54, 1.807) is 12.1 Å². The van der Waals surface area contributed by atoms with Crippen molar-refractivity contribution in [2.45, 2.75) is 23.7 Å². The molecule has 0 amide bonds. The number of aromatic nitrogens is 2. The monoisotopic (exact) mass is 481 g/mol. The molecule has 0 N–H and O–H groups in total. The summed E-state index contributed by atoms with van der Waals surface area (Å²) in [5.41, 5.74) is 0.847. The van der Waals surface area contributed by atoms with E-state index in [0.717, 1.165) is 22.9 Å². The van der Waals surface area contributed by atoms with Crippen molar-refractivity contribution < 1.29 is 12.9 Å². The fourth-order valence-corrected chi connectivity index (χ4v) is 5.15. The maximum atomic E-state index is 12.9. The molecule has 4 rings (SSSR count). The molecule has 28 heavy (non-hydrogen) atoms. The highest BCUT2D eigenvalue weighted by Crippen LogP contribution is 2.31. The predicted molar refractivity (Wildman–Crippen MR) is 110 cm³/mol. The number of halogens is 2. The lowest BCUT2D eigenvalue weighted by Gasteiger charge is -2.30. The molecule has 2 heterocycles. The van der Waals surface area contributed by atoms with Gasteiger partial charge in [-0.15, -0.1) is 0 Å². The molecule has 1 aromatic heterocycles. The molecular weight excluding hydrogens is 466 g/mol. The van der Waals surface area contributed by atoms with Gasteiger partial charge in [0.15, 0.2) is 0 Å². The Morgan fingerprint density at radius 2 is 1.82 bits per heavy atom. The third kappa shape index (κ3) is 4.00. The molecule has 0 saturated carbocycles. The van der Waals surface area contributed by atoms with Crippen LogP contribution in [0.5, 0.6) is 0 Å². The van der Waals surface area contributed by atoms with Gasteiger partial charge in [0.05, 0.1) is 10.8 Å². The van der Waals surface area contributed by atoms with Crippen LogP contribution < -0.4 is 0 Å². The molecule has 2 aromatic carbocycles. The first-order valence-corrected chi connectivity index (χ1v) is 11.4. The van der Waals surface area contributed by atoms with Gasteiger partial charge in [-0.1, -0.05) is 32.7 Å². The average molecular weight is 483 g/mol. The van der Waals surface area contributed by atoms with E-state index in [1.165, 1.54) is 16.4 Å². The minimum absolute atomic E-state index is 0.132. The van der Waals surface area contributed by atoms with Crippen LogP contribution in [0.25, 0.3) is 11.4 Å². The van der Waals surface area contributed by atoms with E-state index < -0.39 is 10.0 Å². The van der Waals surface area contributed by atoms with Crippen LogP contribution in [-0.2, 0) is 10.0 Å². The second kappa shape index (κ2) is 7.94. The molecule has 1 aliphatic rings. The molecule has 1 fully saturated rings. The van der Waals surface area contributed by atoms with Crippen molar-refractivity contribution in [3.8, 4) is 11.4 Å². The van der Waals surface area contributed by atoms with Crippen LogP contribution in [0.1, 0.15) is 24.7 Å². The lowest BCUT2D eigenvalue weighted by atomic mass is 10.00. The first-order chi connectivity index (χ1) is 13.4. The van der Waals surface area contributed by atoms with E-state index >= 15 is 0 Å². The Morgan fingerprint density at radius 3 is 2.54 bits per heavy atom. The third-order valence-electron chi connectivity index (χ3n) is 4.73. The average Bonchev–Trinajstić information content (AvgIpc) is 3.19. The Hall–Kier alpha value is -1.74. The van der Waals surface area contributed by atoms with Gasteiger partial charge in [0, 0.05) is 28.1 Å². The number of piperidine rings is 1. The molecule has 3 aromatic rings. The van der Waals surface area contributed by atoms with E-state index in [-0.39, 0.29) is 10.8 Å². The molecular formula is C19H17BrClN3O3S. The zero-order valence-electron chi connectivity index (χ0n) is 14.8. The fourth-order valence-electron chi connectivity index (χ4n) is 3.24. The summed E-state index contributed by atoms with van der Waals surface area (Å²) in [5.74, 6) is 0.835. The Balaban J connectivity index is 1.54. The highest BCUT2D eigenvalue weighted by atomic mass is 79.9. The van der Waals surface area contributed by atoms with Gasteiger partial charge < -0.3 is 4.52 Å². The van der Waals surface area contributed by atoms with E-state index in [0.29, 0.717) is 29.8 Å². The van der Waals surface area contributed by atoms with Crippen LogP contribution in [0.2, 0.25) is 5.02 Å². The molecule has 9 heteroatoms. The number of hydrogen-bond donors (Lipinski definition) is 0. The molecule has 0 aliphatic carbocycles. The van der Waals surface area contributed by atoms with Crippen molar-refractivity contribution in [2.24, 2.45) is 0 Å². The molecule has 1 saturated heterocycles. The highest BCUT2D eigenvalue weighted by molar-refractivity contribution is 9.10. The number of nitrogens with zero attached hydrogens (tertiary/aromatic N) is 3. The lowest BCUT2D eigenvalue weighted by Crippen LogP contribution is -2.39. The van der Waals surface area contributed by atoms with Gasteiger partial charge in [-0.05, 0) is 61.4 Å². The molecule has 146 valence electrons. The Morgan fingerprint density at radius 1 is 1.11 bits per heavy atom. The predicted octanol–water partition coefficient (Wildman–Crippen LogP) is 4.72. The van der Waals surface area contributed by atoms with Crippen molar-refractivity contribution in [2.75, 3.05) is 13.1 Å². The number of hydrogen-bond acceptors (Lipinski definition) is 5. The van der Waals surface area contributed by atoms with Crippen LogP contribution in [0, 0.1) is 0 Å². The Kier molecular flexibility index (Phi) is 5.55. The van der Waals surface area contributed by atoms with Gasteiger partial charge in [-0.2, -0.15) is 9.29 Å². The molecule has 0 bridgehead atoms. The molecule has 0 unspecified atom stereocenters. The summed E-state index contributed by atoms with van der Waals surface area (Å²) in [7, 11) is -3.59. The fraction of sp³-hybridized carbons (Fsp3) is 0.263. The number of benzene rings is 2. The van der Waals surface area contributed by atoms with Crippen LogP contribution in [-0.4, -0.2) is 36.0 Å². The first kappa shape index (κ1) is 19.6. The zero-order chi connectivity index (χ0) is 19.7. The van der Waals surface area contributed by atoms with Crippen LogP contribution in [0.15, 0.2) is 62.4 Å². The zero-order valence-corrected chi connectivity index (χ0v) is 17.9. The maximum Gasteiger partial charge on any atom is 0.243 e. The highest BCUT2D eigenvalue weighted by Gasteiger charge is 2.33. The largest absolute Gasteiger partial charge is 0.339 e. The maximum absolute atomic E-state index is 12.9. The first-order valence-electron chi connectivity index (χ1n) is 8.79. The van der Waals surface area contributed by atoms with Crippen molar-refractivity contribution in [3.63, 3.8) is 0 Å². The van der Waals surface area contributed by atoms with Gasteiger partial charge in [0.1, 0.15) is 0 Å². The van der Waals surface area contributed by atoms with E-state index in [9.17, 15) is 8.42 Å². The SMILES string of the molecule is O=S(=O)(c1ccc(Cl)cc1)N1CCC[C@H](c2nc(-c3ccc(Br)cc3)no2)C1. The van der Waals surface area contributed by atoms with Gasteiger partial charge in [-0.25, -0.2) is 8.42 Å². The number of sulfonamides is 1. The summed E-state index contributed by atoms with van der Waals surface area (Å²) in [6, 6.07) is 13.8. The summed E-state index contributed by atoms with van der Waals surface area (Å²) < 4.78 is 33.8. The van der Waals surface area contributed by atoms with Crippen molar-refractivity contribution in [1.82, 2.24) is 14.4 Å². The van der Waals surface area contributed by atoms with Crippen molar-refractivity contribution in [3.05, 3.63) is 63.9 Å². The minimum atomic E-state index is -3.59. The van der Waals surface area contributed by atoms with E-state index in [1.807, 2.05) is 24.3 Å². The number of rotatable bonds is 4. The normalized spacial score (nSPS) is 18.3. The van der Waals surface area contributed by atoms with Gasteiger partial charge >= 0.3 is 0 Å². The third-order valence-corrected chi connectivity index (χ3v) is 7.39. The second-order valence-corrected chi connectivity index (χ2v) is 9.91. The van der Waals surface area contributed by atoms with Gasteiger partial charge in [0.25, 0.3) is 0 Å². The summed E-state index contributed by atoms with van der Waals surface area (Å²) in [5, 5.41) is 4.56. The molecule has 1 atom stereocenters. The molecule has 6 nitrogen and oxygen atoms in total. The van der Waals surface area contributed by atoms with Crippen LogP contribution in [0.3, 0.4) is 0 Å². The topological polar surface area (TPSA) is 76.3 Å².